The van der Waals surface area contributed by atoms with Gasteiger partial charge in [-0.25, -0.2) is 13.1 Å². The Morgan fingerprint density at radius 2 is 2.04 bits per heavy atom. The van der Waals surface area contributed by atoms with Crippen molar-refractivity contribution in [2.24, 2.45) is 0 Å². The lowest BCUT2D eigenvalue weighted by Crippen LogP contribution is -2.58. The Hall–Kier alpha value is -1.19. The van der Waals surface area contributed by atoms with Crippen LogP contribution in [0, 0.1) is 0 Å². The Morgan fingerprint density at radius 3 is 2.62 bits per heavy atom. The van der Waals surface area contributed by atoms with Crippen molar-refractivity contribution in [3.05, 3.63) is 0 Å². The molecule has 0 bridgehead atoms. The zero-order valence-corrected chi connectivity index (χ0v) is 15.4. The number of carbonyl (C=O) groups excluding carboxylic acids is 2. The van der Waals surface area contributed by atoms with Gasteiger partial charge in [-0.1, -0.05) is 0 Å². The number of hydrogen-bond acceptors (Lipinski definition) is 5. The summed E-state index contributed by atoms with van der Waals surface area (Å²) in [5.41, 5.74) is 0. The highest BCUT2D eigenvalue weighted by atomic mass is 32.2. The molecule has 0 radical (unpaired) electrons. The summed E-state index contributed by atoms with van der Waals surface area (Å²) >= 11 is 0. The highest BCUT2D eigenvalue weighted by Gasteiger charge is 2.44. The third kappa shape index (κ3) is 4.67. The molecule has 8 nitrogen and oxygen atoms in total. The van der Waals surface area contributed by atoms with Gasteiger partial charge < -0.3 is 10.2 Å². The topological polar surface area (TPSA) is 98.8 Å². The summed E-state index contributed by atoms with van der Waals surface area (Å²) in [4.78, 5) is 28.1. The van der Waals surface area contributed by atoms with Gasteiger partial charge in [0.2, 0.25) is 21.8 Å². The van der Waals surface area contributed by atoms with Gasteiger partial charge in [-0.15, -0.1) is 0 Å². The zero-order valence-electron chi connectivity index (χ0n) is 14.6. The van der Waals surface area contributed by atoms with Crippen molar-refractivity contribution >= 4 is 21.8 Å². The standard InChI is InChI=1S/C15H28N4O4S/c1-4-18(5-2)14(20)7-6-12-9-16-15(21)13-8-11(10-19(12)13)17-24(3,22)23/h11-13,17H,4-10H2,1-3H3,(H,16,21). The predicted molar refractivity (Wildman–Crippen MR) is 90.8 cm³/mol. The molecule has 2 rings (SSSR count). The molecule has 0 aromatic carbocycles. The highest BCUT2D eigenvalue weighted by molar-refractivity contribution is 7.88. The van der Waals surface area contributed by atoms with Crippen LogP contribution in [0.2, 0.25) is 0 Å². The van der Waals surface area contributed by atoms with E-state index in [2.05, 4.69) is 14.9 Å². The van der Waals surface area contributed by atoms with Crippen LogP contribution in [-0.2, 0) is 19.6 Å². The van der Waals surface area contributed by atoms with Crippen LogP contribution in [0.25, 0.3) is 0 Å². The number of rotatable bonds is 7. The highest BCUT2D eigenvalue weighted by Crippen LogP contribution is 2.26. The van der Waals surface area contributed by atoms with Crippen LogP contribution in [0.1, 0.15) is 33.1 Å². The second-order valence-electron chi connectivity index (χ2n) is 6.54. The number of hydrogen-bond donors (Lipinski definition) is 2. The molecule has 2 saturated heterocycles. The Labute approximate surface area is 144 Å². The average Bonchev–Trinajstić information content (AvgIpc) is 2.90. The number of carbonyl (C=O) groups is 2. The number of nitrogens with zero attached hydrogens (tertiary/aromatic N) is 2. The quantitative estimate of drug-likeness (QED) is 0.615. The molecule has 2 amide bonds. The number of sulfonamides is 1. The molecule has 0 aromatic heterocycles. The Morgan fingerprint density at radius 1 is 1.38 bits per heavy atom. The van der Waals surface area contributed by atoms with Crippen molar-refractivity contribution in [1.29, 1.82) is 0 Å². The fourth-order valence-electron chi connectivity index (χ4n) is 3.66. The van der Waals surface area contributed by atoms with Crippen LogP contribution in [-0.4, -0.2) is 80.6 Å². The van der Waals surface area contributed by atoms with Gasteiger partial charge in [0.05, 0.1) is 12.3 Å². The first-order chi connectivity index (χ1) is 11.2. The second-order valence-corrected chi connectivity index (χ2v) is 8.32. The van der Waals surface area contributed by atoms with E-state index in [0.717, 1.165) is 6.26 Å². The lowest BCUT2D eigenvalue weighted by atomic mass is 10.0. The van der Waals surface area contributed by atoms with Crippen molar-refractivity contribution in [1.82, 2.24) is 19.8 Å². The maximum Gasteiger partial charge on any atom is 0.237 e. The summed E-state index contributed by atoms with van der Waals surface area (Å²) < 4.78 is 25.5. The summed E-state index contributed by atoms with van der Waals surface area (Å²) in [6.45, 7) is 6.33. The van der Waals surface area contributed by atoms with E-state index in [1.165, 1.54) is 0 Å². The van der Waals surface area contributed by atoms with Crippen molar-refractivity contribution in [2.75, 3.05) is 32.4 Å². The molecule has 2 fully saturated rings. The van der Waals surface area contributed by atoms with Crippen molar-refractivity contribution < 1.29 is 18.0 Å². The van der Waals surface area contributed by atoms with E-state index in [1.54, 1.807) is 4.90 Å². The molecule has 138 valence electrons. The van der Waals surface area contributed by atoms with E-state index in [0.29, 0.717) is 45.4 Å². The van der Waals surface area contributed by atoms with E-state index < -0.39 is 10.0 Å². The van der Waals surface area contributed by atoms with Crippen LogP contribution < -0.4 is 10.0 Å². The molecular formula is C15H28N4O4S. The number of fused-ring (bicyclic) bond motifs is 1. The number of piperazine rings is 1. The van der Waals surface area contributed by atoms with Crippen molar-refractivity contribution in [3.8, 4) is 0 Å². The smallest absolute Gasteiger partial charge is 0.237 e. The van der Waals surface area contributed by atoms with Gasteiger partial charge in [-0.3, -0.25) is 14.5 Å². The van der Waals surface area contributed by atoms with Gasteiger partial charge in [-0.05, 0) is 26.7 Å². The average molecular weight is 360 g/mol. The molecule has 0 aromatic rings. The van der Waals surface area contributed by atoms with Gasteiger partial charge in [0.1, 0.15) is 0 Å². The summed E-state index contributed by atoms with van der Waals surface area (Å²) in [6.07, 6.45) is 2.71. The second kappa shape index (κ2) is 7.79. The lowest BCUT2D eigenvalue weighted by molar-refractivity contribution is -0.132. The van der Waals surface area contributed by atoms with Crippen molar-refractivity contribution in [2.45, 2.75) is 51.2 Å². The van der Waals surface area contributed by atoms with Gasteiger partial charge >= 0.3 is 0 Å². The van der Waals surface area contributed by atoms with Gasteiger partial charge in [-0.2, -0.15) is 0 Å². The fourth-order valence-corrected chi connectivity index (χ4v) is 4.43. The van der Waals surface area contributed by atoms with E-state index in [9.17, 15) is 18.0 Å². The predicted octanol–water partition coefficient (Wildman–Crippen LogP) is -0.874. The molecule has 9 heteroatoms. The minimum absolute atomic E-state index is 0.0564. The van der Waals surface area contributed by atoms with Crippen molar-refractivity contribution in [3.63, 3.8) is 0 Å². The third-order valence-electron chi connectivity index (χ3n) is 4.81. The molecule has 24 heavy (non-hydrogen) atoms. The first kappa shape index (κ1) is 19.1. The normalized spacial score (nSPS) is 27.6. The third-order valence-corrected chi connectivity index (χ3v) is 5.57. The van der Waals surface area contributed by atoms with E-state index >= 15 is 0 Å². The number of nitrogens with one attached hydrogen (secondary N) is 2. The van der Waals surface area contributed by atoms with Crippen LogP contribution in [0.5, 0.6) is 0 Å². The monoisotopic (exact) mass is 360 g/mol. The molecule has 2 heterocycles. The summed E-state index contributed by atoms with van der Waals surface area (Å²) in [6, 6.07) is -0.500. The molecule has 0 aliphatic carbocycles. The Kier molecular flexibility index (Phi) is 6.22. The maximum atomic E-state index is 12.2. The van der Waals surface area contributed by atoms with Gasteiger partial charge in [0.15, 0.2) is 0 Å². The van der Waals surface area contributed by atoms with Crippen LogP contribution >= 0.6 is 0 Å². The molecule has 2 N–H and O–H groups in total. The van der Waals surface area contributed by atoms with E-state index in [-0.39, 0.29) is 29.9 Å². The molecule has 0 spiro atoms. The number of amides is 2. The fraction of sp³-hybridized carbons (Fsp3) is 0.867. The molecule has 0 saturated carbocycles. The van der Waals surface area contributed by atoms with Gasteiger partial charge in [0, 0.05) is 44.7 Å². The van der Waals surface area contributed by atoms with Crippen LogP contribution in [0.15, 0.2) is 0 Å². The molecule has 2 aliphatic rings. The largest absolute Gasteiger partial charge is 0.353 e. The van der Waals surface area contributed by atoms with E-state index in [1.807, 2.05) is 13.8 Å². The lowest BCUT2D eigenvalue weighted by Gasteiger charge is -2.37. The first-order valence-corrected chi connectivity index (χ1v) is 10.4. The first-order valence-electron chi connectivity index (χ1n) is 8.53. The van der Waals surface area contributed by atoms with Gasteiger partial charge in [0.25, 0.3) is 0 Å². The minimum Gasteiger partial charge on any atom is -0.353 e. The molecule has 2 aliphatic heterocycles. The van der Waals surface area contributed by atoms with Crippen LogP contribution in [0.3, 0.4) is 0 Å². The SMILES string of the molecule is CCN(CC)C(=O)CCC1CNC(=O)C2CC(NS(C)(=O)=O)CN12. The summed E-state index contributed by atoms with van der Waals surface area (Å²) in [5, 5.41) is 2.89. The summed E-state index contributed by atoms with van der Waals surface area (Å²) in [7, 11) is -3.30. The molecular weight excluding hydrogens is 332 g/mol. The van der Waals surface area contributed by atoms with E-state index in [4.69, 9.17) is 0 Å². The minimum atomic E-state index is -3.30. The van der Waals surface area contributed by atoms with Crippen LogP contribution in [0.4, 0.5) is 0 Å². The molecule has 3 atom stereocenters. The maximum absolute atomic E-state index is 12.2. The molecule has 3 unspecified atom stereocenters. The summed E-state index contributed by atoms with van der Waals surface area (Å²) in [5.74, 6) is 0.0672. The Balaban J connectivity index is 1.97. The zero-order chi connectivity index (χ0) is 17.9. The Bertz CT molecular complexity index is 576.